The van der Waals surface area contributed by atoms with E-state index in [0.717, 1.165) is 81.8 Å². The zero-order valence-corrected chi connectivity index (χ0v) is 23.0. The number of hydrogen-bond acceptors (Lipinski definition) is 6. The topological polar surface area (TPSA) is 78.8 Å². The van der Waals surface area contributed by atoms with Gasteiger partial charge in [0.05, 0.1) is 6.61 Å². The number of rotatable bonds is 8. The van der Waals surface area contributed by atoms with Gasteiger partial charge >= 0.3 is 0 Å². The summed E-state index contributed by atoms with van der Waals surface area (Å²) in [6, 6.07) is 5.18. The lowest BCUT2D eigenvalue weighted by atomic mass is 9.85. The number of aromatic nitrogens is 2. The molecule has 7 nitrogen and oxygen atoms in total. The summed E-state index contributed by atoms with van der Waals surface area (Å²) in [7, 11) is 0. The standard InChI is InChI=1S/C31H41FN4O3/c1-2-22-18-33-31(34-19-22)36-15-11-24(12-16-36)21-39-27-7-8-28(29(32)17-27)25-3-5-26(6-4-25)30(38)35-13-9-23(20-37)10-14-35/h3,7-8,17-19,23-24,26,37H,2,4-6,9-16,20-21H2,1H3. The minimum Gasteiger partial charge on any atom is -0.493 e. The van der Waals surface area contributed by atoms with E-state index in [-0.39, 0.29) is 24.2 Å². The van der Waals surface area contributed by atoms with Crippen LogP contribution in [-0.4, -0.2) is 65.3 Å². The quantitative estimate of drug-likeness (QED) is 0.518. The number of carbonyl (C=O) groups is 1. The van der Waals surface area contributed by atoms with Crippen molar-refractivity contribution in [3.63, 3.8) is 0 Å². The maximum atomic E-state index is 15.1. The van der Waals surface area contributed by atoms with Gasteiger partial charge in [-0.3, -0.25) is 4.79 Å². The third kappa shape index (κ3) is 6.78. The first-order chi connectivity index (χ1) is 19.0. The summed E-state index contributed by atoms with van der Waals surface area (Å²) < 4.78 is 21.1. The van der Waals surface area contributed by atoms with Gasteiger partial charge in [0.15, 0.2) is 0 Å². The van der Waals surface area contributed by atoms with E-state index in [1.165, 1.54) is 6.07 Å². The minimum atomic E-state index is -0.267. The van der Waals surface area contributed by atoms with Gasteiger partial charge in [0.25, 0.3) is 0 Å². The van der Waals surface area contributed by atoms with Gasteiger partial charge in [-0.2, -0.15) is 0 Å². The van der Waals surface area contributed by atoms with Gasteiger partial charge in [-0.05, 0) is 86.5 Å². The van der Waals surface area contributed by atoms with Crippen LogP contribution in [0.3, 0.4) is 0 Å². The molecule has 1 aromatic carbocycles. The molecular formula is C31H41FN4O3. The van der Waals surface area contributed by atoms with E-state index in [1.54, 1.807) is 0 Å². The molecular weight excluding hydrogens is 495 g/mol. The number of carbonyl (C=O) groups excluding carboxylic acids is 1. The predicted octanol–water partition coefficient (Wildman–Crippen LogP) is 4.89. The van der Waals surface area contributed by atoms with Gasteiger partial charge in [0.2, 0.25) is 11.9 Å². The summed E-state index contributed by atoms with van der Waals surface area (Å²) in [5.74, 6) is 2.00. The van der Waals surface area contributed by atoms with Gasteiger partial charge in [0, 0.05) is 62.7 Å². The third-order valence-electron chi connectivity index (χ3n) is 8.71. The summed E-state index contributed by atoms with van der Waals surface area (Å²) >= 11 is 0. The zero-order chi connectivity index (χ0) is 27.2. The lowest BCUT2D eigenvalue weighted by Gasteiger charge is -2.34. The number of nitrogens with zero attached hydrogens (tertiary/aromatic N) is 4. The molecule has 3 heterocycles. The predicted molar refractivity (Wildman–Crippen MR) is 150 cm³/mol. The van der Waals surface area contributed by atoms with Gasteiger partial charge in [0.1, 0.15) is 11.6 Å². The number of aryl methyl sites for hydroxylation is 1. The summed E-state index contributed by atoms with van der Waals surface area (Å²) in [5.41, 5.74) is 2.73. The lowest BCUT2D eigenvalue weighted by Crippen LogP contribution is -2.42. The Balaban J connectivity index is 1.08. The van der Waals surface area contributed by atoms with Crippen molar-refractivity contribution in [2.45, 2.75) is 58.3 Å². The molecule has 8 heteroatoms. The van der Waals surface area contributed by atoms with Gasteiger partial charge in [-0.15, -0.1) is 0 Å². The molecule has 39 heavy (non-hydrogen) atoms. The van der Waals surface area contributed by atoms with Crippen molar-refractivity contribution >= 4 is 17.4 Å². The molecule has 0 spiro atoms. The molecule has 0 bridgehead atoms. The smallest absolute Gasteiger partial charge is 0.226 e. The fourth-order valence-corrected chi connectivity index (χ4v) is 5.95. The molecule has 1 atom stereocenters. The first-order valence-electron chi connectivity index (χ1n) is 14.6. The van der Waals surface area contributed by atoms with Gasteiger partial charge < -0.3 is 19.6 Å². The first-order valence-corrected chi connectivity index (χ1v) is 14.6. The van der Waals surface area contributed by atoms with Gasteiger partial charge in [-0.1, -0.05) is 13.0 Å². The van der Waals surface area contributed by atoms with Crippen molar-refractivity contribution < 1.29 is 19.0 Å². The number of aliphatic hydroxyl groups excluding tert-OH is 1. The molecule has 3 aliphatic rings. The molecule has 1 aromatic heterocycles. The van der Waals surface area contributed by atoms with Crippen LogP contribution >= 0.6 is 0 Å². The summed E-state index contributed by atoms with van der Waals surface area (Å²) in [4.78, 5) is 26.1. The van der Waals surface area contributed by atoms with E-state index >= 15 is 4.39 Å². The highest BCUT2D eigenvalue weighted by Gasteiger charge is 2.30. The Labute approximate surface area is 231 Å². The van der Waals surface area contributed by atoms with E-state index in [0.29, 0.717) is 42.6 Å². The van der Waals surface area contributed by atoms with Crippen molar-refractivity contribution in [1.82, 2.24) is 14.9 Å². The molecule has 210 valence electrons. The molecule has 2 fully saturated rings. The number of likely N-dealkylation sites (tertiary alicyclic amines) is 1. The molecule has 5 rings (SSSR count). The first kappa shape index (κ1) is 27.6. The Kier molecular flexibility index (Phi) is 9.12. The van der Waals surface area contributed by atoms with Crippen LogP contribution in [0.1, 0.15) is 63.0 Å². The number of allylic oxidation sites excluding steroid dienone is 2. The van der Waals surface area contributed by atoms with E-state index < -0.39 is 0 Å². The fourth-order valence-electron chi connectivity index (χ4n) is 5.95. The van der Waals surface area contributed by atoms with E-state index in [2.05, 4.69) is 21.8 Å². The average Bonchev–Trinajstić information content (AvgIpc) is 3.00. The number of anilines is 1. The highest BCUT2D eigenvalue weighted by Crippen LogP contribution is 2.34. The largest absolute Gasteiger partial charge is 0.493 e. The number of amides is 1. The van der Waals surface area contributed by atoms with Crippen molar-refractivity contribution in [2.24, 2.45) is 17.8 Å². The SMILES string of the molecule is CCc1cnc(N2CCC(COc3ccc(C4=CCC(C(=O)N5CCC(CO)CC5)CC4)c(F)c3)CC2)nc1. The Bertz CT molecular complexity index is 1140. The van der Waals surface area contributed by atoms with Crippen molar-refractivity contribution in [1.29, 1.82) is 0 Å². The zero-order valence-electron chi connectivity index (χ0n) is 23.0. The average molecular weight is 537 g/mol. The van der Waals surface area contributed by atoms with Crippen LogP contribution in [-0.2, 0) is 11.2 Å². The van der Waals surface area contributed by atoms with Crippen LogP contribution in [0.5, 0.6) is 5.75 Å². The molecule has 2 aliphatic heterocycles. The van der Waals surface area contributed by atoms with Gasteiger partial charge in [-0.25, -0.2) is 14.4 Å². The molecule has 0 radical (unpaired) electrons. The number of ether oxygens (including phenoxy) is 1. The molecule has 1 unspecified atom stereocenters. The van der Waals surface area contributed by atoms with Crippen molar-refractivity contribution in [2.75, 3.05) is 44.3 Å². The highest BCUT2D eigenvalue weighted by molar-refractivity contribution is 5.81. The molecule has 1 amide bonds. The number of benzene rings is 1. The molecule has 2 aromatic rings. The number of hydrogen-bond donors (Lipinski definition) is 1. The van der Waals surface area contributed by atoms with E-state index in [4.69, 9.17) is 4.74 Å². The molecule has 1 aliphatic carbocycles. The van der Waals surface area contributed by atoms with E-state index in [1.807, 2.05) is 35.5 Å². The summed E-state index contributed by atoms with van der Waals surface area (Å²) in [5, 5.41) is 9.33. The second-order valence-electron chi connectivity index (χ2n) is 11.3. The van der Waals surface area contributed by atoms with Crippen LogP contribution in [0.25, 0.3) is 5.57 Å². The molecule has 1 N–H and O–H groups in total. The second-order valence-corrected chi connectivity index (χ2v) is 11.3. The normalized spacial score (nSPS) is 21.1. The minimum absolute atomic E-state index is 0.0289. The highest BCUT2D eigenvalue weighted by atomic mass is 19.1. The van der Waals surface area contributed by atoms with Crippen molar-refractivity contribution in [3.8, 4) is 5.75 Å². The molecule has 0 saturated carbocycles. The molecule has 2 saturated heterocycles. The summed E-state index contributed by atoms with van der Waals surface area (Å²) in [6.07, 6.45) is 12.6. The van der Waals surface area contributed by atoms with Crippen LogP contribution in [0.2, 0.25) is 0 Å². The van der Waals surface area contributed by atoms with E-state index in [9.17, 15) is 9.90 Å². The maximum absolute atomic E-state index is 15.1. The van der Waals surface area contributed by atoms with Crippen LogP contribution in [0, 0.1) is 23.6 Å². The Morgan fingerprint density at radius 2 is 1.77 bits per heavy atom. The van der Waals surface area contributed by atoms with Crippen LogP contribution in [0.15, 0.2) is 36.7 Å². The maximum Gasteiger partial charge on any atom is 0.226 e. The summed E-state index contributed by atoms with van der Waals surface area (Å²) in [6.45, 7) is 6.13. The Morgan fingerprint density at radius 1 is 1.05 bits per heavy atom. The van der Waals surface area contributed by atoms with Crippen LogP contribution < -0.4 is 9.64 Å². The van der Waals surface area contributed by atoms with Crippen LogP contribution in [0.4, 0.5) is 10.3 Å². The number of piperidine rings is 2. The van der Waals surface area contributed by atoms with Crippen molar-refractivity contribution in [3.05, 3.63) is 53.6 Å². The second kappa shape index (κ2) is 12.9. The fraction of sp³-hybridized carbons (Fsp3) is 0.581. The monoisotopic (exact) mass is 536 g/mol. The number of aliphatic hydroxyl groups is 1. The Morgan fingerprint density at radius 3 is 2.38 bits per heavy atom. The number of halogens is 1. The lowest BCUT2D eigenvalue weighted by molar-refractivity contribution is -0.137. The Hall–Kier alpha value is -3.00. The third-order valence-corrected chi connectivity index (χ3v) is 8.71.